The van der Waals surface area contributed by atoms with E-state index in [0.29, 0.717) is 18.3 Å². The summed E-state index contributed by atoms with van der Waals surface area (Å²) in [6.45, 7) is 1.94. The molecule has 3 nitrogen and oxygen atoms in total. The van der Waals surface area contributed by atoms with Crippen LogP contribution in [0.25, 0.3) is 0 Å². The van der Waals surface area contributed by atoms with Crippen molar-refractivity contribution in [3.8, 4) is 0 Å². The average molecular weight is 386 g/mol. The van der Waals surface area contributed by atoms with Gasteiger partial charge in [-0.15, -0.1) is 0 Å². The molecule has 0 saturated carbocycles. The van der Waals surface area contributed by atoms with Crippen molar-refractivity contribution in [2.75, 3.05) is 18.4 Å². The fraction of sp³-hybridized carbons (Fsp3) is 0.278. The van der Waals surface area contributed by atoms with Crippen molar-refractivity contribution < 1.29 is 22.4 Å². The quantitative estimate of drug-likeness (QED) is 0.525. The molecule has 0 aliphatic rings. The van der Waals surface area contributed by atoms with Crippen molar-refractivity contribution in [2.45, 2.75) is 24.1 Å². The van der Waals surface area contributed by atoms with E-state index in [-0.39, 0.29) is 29.2 Å². The number of hydrogen-bond donors (Lipinski definition) is 1. The lowest BCUT2D eigenvalue weighted by Gasteiger charge is -2.21. The third-order valence-corrected chi connectivity index (χ3v) is 4.42. The number of carbonyl (C=O) groups is 1. The highest BCUT2D eigenvalue weighted by atomic mass is 32.2. The Morgan fingerprint density at radius 1 is 1.12 bits per heavy atom. The topological polar surface area (TPSA) is 32.3 Å². The van der Waals surface area contributed by atoms with E-state index in [1.165, 1.54) is 18.2 Å². The second-order valence-corrected chi connectivity index (χ2v) is 6.46. The third kappa shape index (κ3) is 5.74. The summed E-state index contributed by atoms with van der Waals surface area (Å²) in [6, 6.07) is 9.81. The van der Waals surface area contributed by atoms with Crippen LogP contribution in [-0.4, -0.2) is 29.7 Å². The lowest BCUT2D eigenvalue weighted by Crippen LogP contribution is -2.33. The number of alkyl halides is 2. The number of hydrogen-bond acceptors (Lipinski definition) is 3. The van der Waals surface area contributed by atoms with Crippen LogP contribution in [0.1, 0.15) is 12.5 Å². The second kappa shape index (κ2) is 9.59. The van der Waals surface area contributed by atoms with Crippen LogP contribution in [0.2, 0.25) is 0 Å². The van der Waals surface area contributed by atoms with Gasteiger partial charge in [-0.3, -0.25) is 9.69 Å². The highest BCUT2D eigenvalue weighted by Gasteiger charge is 2.17. The Morgan fingerprint density at radius 2 is 1.77 bits per heavy atom. The molecular weight excluding hydrogens is 368 g/mol. The Morgan fingerprint density at radius 3 is 2.38 bits per heavy atom. The van der Waals surface area contributed by atoms with Crippen LogP contribution in [0.5, 0.6) is 0 Å². The molecule has 0 atom stereocenters. The van der Waals surface area contributed by atoms with Gasteiger partial charge in [0.25, 0.3) is 5.76 Å². The van der Waals surface area contributed by atoms with Crippen molar-refractivity contribution in [3.63, 3.8) is 0 Å². The third-order valence-electron chi connectivity index (χ3n) is 3.64. The Bertz CT molecular complexity index is 737. The molecule has 26 heavy (non-hydrogen) atoms. The van der Waals surface area contributed by atoms with Gasteiger partial charge in [0.15, 0.2) is 0 Å². The first-order valence-corrected chi connectivity index (χ1v) is 8.77. The number of nitrogens with one attached hydrogen (secondary N) is 1. The van der Waals surface area contributed by atoms with Gasteiger partial charge in [-0.25, -0.2) is 8.78 Å². The van der Waals surface area contributed by atoms with Crippen LogP contribution in [-0.2, 0) is 11.3 Å². The van der Waals surface area contributed by atoms with Crippen molar-refractivity contribution in [1.82, 2.24) is 4.90 Å². The molecule has 0 spiro atoms. The molecular formula is C18H18F4N2OS. The van der Waals surface area contributed by atoms with Gasteiger partial charge in [-0.1, -0.05) is 36.9 Å². The van der Waals surface area contributed by atoms with Crippen molar-refractivity contribution >= 4 is 23.4 Å². The summed E-state index contributed by atoms with van der Waals surface area (Å²) in [5.74, 6) is -4.42. The average Bonchev–Trinajstić information content (AvgIpc) is 2.58. The number of carbonyl (C=O) groups excluding carboxylic acids is 1. The second-order valence-electron chi connectivity index (χ2n) is 5.43. The summed E-state index contributed by atoms with van der Waals surface area (Å²) >= 11 is 0.337. The van der Waals surface area contributed by atoms with Gasteiger partial charge in [-0.05, 0) is 30.8 Å². The van der Waals surface area contributed by atoms with Crippen LogP contribution in [0.4, 0.5) is 23.2 Å². The molecule has 0 aliphatic heterocycles. The molecule has 0 unspecified atom stereocenters. The summed E-state index contributed by atoms with van der Waals surface area (Å²) in [6.07, 6.45) is 0. The van der Waals surface area contributed by atoms with Crippen LogP contribution in [0.15, 0.2) is 47.4 Å². The zero-order valence-electron chi connectivity index (χ0n) is 14.0. The molecule has 0 fully saturated rings. The molecule has 0 aromatic heterocycles. The Kier molecular flexibility index (Phi) is 7.47. The number of rotatable bonds is 8. The monoisotopic (exact) mass is 386 g/mol. The van der Waals surface area contributed by atoms with Gasteiger partial charge in [0.1, 0.15) is 11.6 Å². The van der Waals surface area contributed by atoms with E-state index < -0.39 is 23.3 Å². The van der Waals surface area contributed by atoms with E-state index in [4.69, 9.17) is 0 Å². The zero-order valence-corrected chi connectivity index (χ0v) is 14.8. The number of amides is 1. The Balaban J connectivity index is 2.04. The van der Waals surface area contributed by atoms with E-state index in [2.05, 4.69) is 5.32 Å². The highest BCUT2D eigenvalue weighted by molar-refractivity contribution is 7.99. The van der Waals surface area contributed by atoms with Crippen LogP contribution in [0, 0.1) is 11.6 Å². The fourth-order valence-electron chi connectivity index (χ4n) is 2.35. The van der Waals surface area contributed by atoms with Crippen molar-refractivity contribution in [3.05, 3.63) is 59.7 Å². The molecule has 0 aliphatic carbocycles. The smallest absolute Gasteiger partial charge is 0.288 e. The number of nitrogens with zero attached hydrogens (tertiary/aromatic N) is 1. The van der Waals surface area contributed by atoms with Gasteiger partial charge >= 0.3 is 0 Å². The number of benzene rings is 2. The molecule has 1 N–H and O–H groups in total. The van der Waals surface area contributed by atoms with E-state index in [9.17, 15) is 22.4 Å². The lowest BCUT2D eigenvalue weighted by molar-refractivity contribution is -0.117. The van der Waals surface area contributed by atoms with E-state index in [0.717, 1.165) is 12.1 Å². The summed E-state index contributed by atoms with van der Waals surface area (Å²) < 4.78 is 52.7. The number of likely N-dealkylation sites (N-methyl/N-ethyl adjacent to an activating group) is 1. The SMILES string of the molecule is CCN(CC(=O)Nc1ccccc1SC(F)F)Cc1c(F)cccc1F. The van der Waals surface area contributed by atoms with E-state index in [1.807, 2.05) is 0 Å². The lowest BCUT2D eigenvalue weighted by atomic mass is 10.2. The van der Waals surface area contributed by atoms with Crippen molar-refractivity contribution in [1.29, 1.82) is 0 Å². The van der Waals surface area contributed by atoms with Crippen molar-refractivity contribution in [2.24, 2.45) is 0 Å². The largest absolute Gasteiger partial charge is 0.324 e. The summed E-state index contributed by atoms with van der Waals surface area (Å²) in [5, 5.41) is 2.57. The standard InChI is InChI=1S/C18H18F4N2OS/c1-2-24(10-12-13(19)6-5-7-14(12)20)11-17(25)23-15-8-3-4-9-16(15)26-18(21)22/h3-9,18H,2,10-11H2,1H3,(H,23,25). The number of thioether (sulfide) groups is 1. The van der Waals surface area contributed by atoms with Gasteiger partial charge in [0.05, 0.1) is 12.2 Å². The van der Waals surface area contributed by atoms with Gasteiger partial charge < -0.3 is 5.32 Å². The van der Waals surface area contributed by atoms with E-state index >= 15 is 0 Å². The summed E-state index contributed by atoms with van der Waals surface area (Å²) in [4.78, 5) is 14.0. The number of para-hydroxylation sites is 1. The molecule has 1 amide bonds. The summed E-state index contributed by atoms with van der Waals surface area (Å²) in [5.41, 5.74) is 0.159. The maximum absolute atomic E-state index is 13.8. The molecule has 140 valence electrons. The van der Waals surface area contributed by atoms with Crippen LogP contribution in [0.3, 0.4) is 0 Å². The molecule has 8 heteroatoms. The normalized spacial score (nSPS) is 11.2. The minimum atomic E-state index is -2.61. The predicted molar refractivity (Wildman–Crippen MR) is 94.2 cm³/mol. The molecule has 0 radical (unpaired) electrons. The number of halogens is 4. The summed E-state index contributed by atoms with van der Waals surface area (Å²) in [7, 11) is 0. The van der Waals surface area contributed by atoms with Gasteiger partial charge in [0, 0.05) is 17.0 Å². The maximum atomic E-state index is 13.8. The van der Waals surface area contributed by atoms with Gasteiger partial charge in [0.2, 0.25) is 5.91 Å². The molecule has 2 aromatic rings. The minimum Gasteiger partial charge on any atom is -0.324 e. The molecule has 0 heterocycles. The fourth-order valence-corrected chi connectivity index (χ4v) is 2.94. The first-order chi connectivity index (χ1) is 12.4. The predicted octanol–water partition coefficient (Wildman–Crippen LogP) is 4.74. The first-order valence-electron chi connectivity index (χ1n) is 7.89. The zero-order chi connectivity index (χ0) is 19.1. The van der Waals surface area contributed by atoms with E-state index in [1.54, 1.807) is 24.0 Å². The van der Waals surface area contributed by atoms with Gasteiger partial charge in [-0.2, -0.15) is 8.78 Å². The van der Waals surface area contributed by atoms with Crippen LogP contribution < -0.4 is 5.32 Å². The van der Waals surface area contributed by atoms with Crippen LogP contribution >= 0.6 is 11.8 Å². The highest BCUT2D eigenvalue weighted by Crippen LogP contribution is 2.31. The number of anilines is 1. The molecule has 2 aromatic carbocycles. The maximum Gasteiger partial charge on any atom is 0.288 e. The molecule has 2 rings (SSSR count). The first kappa shape index (κ1) is 20.3. The Hall–Kier alpha value is -2.06. The molecule has 0 saturated heterocycles. The minimum absolute atomic E-state index is 0.0736. The Labute approximate surface area is 153 Å². The molecule has 0 bridgehead atoms.